The van der Waals surface area contributed by atoms with E-state index in [4.69, 9.17) is 11.6 Å². The summed E-state index contributed by atoms with van der Waals surface area (Å²) in [6, 6.07) is 0.600. The number of hydrogen-bond donors (Lipinski definition) is 1. The first-order valence-corrected chi connectivity index (χ1v) is 5.79. The number of hydrogen-bond acceptors (Lipinski definition) is 3. The van der Waals surface area contributed by atoms with E-state index >= 15 is 0 Å². The van der Waals surface area contributed by atoms with Gasteiger partial charge in [0.15, 0.2) is 0 Å². The number of aromatic nitrogens is 1. The van der Waals surface area contributed by atoms with E-state index in [1.54, 1.807) is 17.5 Å². The van der Waals surface area contributed by atoms with E-state index in [9.17, 15) is 0 Å². The van der Waals surface area contributed by atoms with E-state index in [-0.39, 0.29) is 0 Å². The minimum Gasteiger partial charge on any atom is -0.308 e. The van der Waals surface area contributed by atoms with Crippen LogP contribution < -0.4 is 5.32 Å². The van der Waals surface area contributed by atoms with Crippen LogP contribution in [0.2, 0.25) is 4.34 Å². The van der Waals surface area contributed by atoms with Gasteiger partial charge in [-0.15, -0.1) is 11.3 Å². The predicted molar refractivity (Wildman–Crippen MR) is 58.3 cm³/mol. The zero-order valence-corrected chi connectivity index (χ0v) is 9.58. The molecule has 2 nitrogen and oxygen atoms in total. The Morgan fingerprint density at radius 1 is 1.54 bits per heavy atom. The molecular weight excluding hydrogens is 204 g/mol. The molecule has 4 heteroatoms. The molecule has 0 aliphatic rings. The van der Waals surface area contributed by atoms with Gasteiger partial charge in [-0.1, -0.05) is 25.4 Å². The summed E-state index contributed by atoms with van der Waals surface area (Å²) in [4.78, 5) is 4.18. The highest BCUT2D eigenvalue weighted by atomic mass is 35.5. The van der Waals surface area contributed by atoms with E-state index in [1.807, 2.05) is 0 Å². The van der Waals surface area contributed by atoms with Crippen LogP contribution in [0.3, 0.4) is 0 Å². The van der Waals surface area contributed by atoms with E-state index < -0.39 is 0 Å². The molecule has 0 atom stereocenters. The highest BCUT2D eigenvalue weighted by Gasteiger charge is 2.04. The predicted octanol–water partition coefficient (Wildman–Crippen LogP) is 3.07. The lowest BCUT2D eigenvalue weighted by molar-refractivity contribution is 0.483. The second-order valence-corrected chi connectivity index (χ2v) is 4.70. The van der Waals surface area contributed by atoms with Crippen molar-refractivity contribution in [3.63, 3.8) is 0 Å². The van der Waals surface area contributed by atoms with Gasteiger partial charge < -0.3 is 5.32 Å². The molecule has 1 aromatic rings. The Labute approximate surface area is 88.3 Å². The summed E-state index contributed by atoms with van der Waals surface area (Å²) < 4.78 is 0.765. The van der Waals surface area contributed by atoms with Crippen LogP contribution in [0, 0.1) is 0 Å². The van der Waals surface area contributed by atoms with Crippen LogP contribution in [0.4, 0.5) is 0 Å². The molecule has 0 bridgehead atoms. The Kier molecular flexibility index (Phi) is 4.70. The molecule has 1 rings (SSSR count). The summed E-state index contributed by atoms with van der Waals surface area (Å²) in [6.45, 7) is 5.22. The monoisotopic (exact) mass is 218 g/mol. The van der Waals surface area contributed by atoms with Crippen LogP contribution >= 0.6 is 22.9 Å². The summed E-state index contributed by atoms with van der Waals surface area (Å²) in [5, 5.41) is 4.50. The van der Waals surface area contributed by atoms with Crippen molar-refractivity contribution in [2.75, 3.05) is 0 Å². The van der Waals surface area contributed by atoms with Crippen molar-refractivity contribution < 1.29 is 0 Å². The van der Waals surface area contributed by atoms with Crippen molar-refractivity contribution in [1.82, 2.24) is 10.3 Å². The van der Waals surface area contributed by atoms with Crippen LogP contribution in [0.25, 0.3) is 0 Å². The summed E-state index contributed by atoms with van der Waals surface area (Å²) >= 11 is 7.31. The molecule has 0 saturated heterocycles. The molecule has 0 aromatic carbocycles. The van der Waals surface area contributed by atoms with Crippen molar-refractivity contribution in [2.45, 2.75) is 39.3 Å². The Hall–Kier alpha value is -0.120. The average molecular weight is 219 g/mol. The quantitative estimate of drug-likeness (QED) is 0.822. The van der Waals surface area contributed by atoms with E-state index in [0.29, 0.717) is 6.04 Å². The average Bonchev–Trinajstić information content (AvgIpc) is 2.53. The number of rotatable bonds is 5. The Bertz CT molecular complexity index is 246. The number of thiazole rings is 1. The first kappa shape index (κ1) is 11.0. The largest absolute Gasteiger partial charge is 0.308 e. The minimum atomic E-state index is 0.600. The Balaban J connectivity index is 2.33. The van der Waals surface area contributed by atoms with E-state index in [1.165, 1.54) is 0 Å². The van der Waals surface area contributed by atoms with Gasteiger partial charge in [0.25, 0.3) is 0 Å². The lowest BCUT2D eigenvalue weighted by atomic mass is 10.2. The lowest BCUT2D eigenvalue weighted by Gasteiger charge is -2.12. The van der Waals surface area contributed by atoms with Crippen LogP contribution in [0.1, 0.15) is 31.7 Å². The van der Waals surface area contributed by atoms with Gasteiger partial charge >= 0.3 is 0 Å². The second kappa shape index (κ2) is 5.58. The molecule has 0 amide bonds. The third kappa shape index (κ3) is 3.63. The van der Waals surface area contributed by atoms with Gasteiger partial charge in [0.2, 0.25) is 0 Å². The molecule has 0 aliphatic heterocycles. The minimum absolute atomic E-state index is 0.600. The van der Waals surface area contributed by atoms with Crippen molar-refractivity contribution in [1.29, 1.82) is 0 Å². The van der Waals surface area contributed by atoms with Crippen LogP contribution in [0.5, 0.6) is 0 Å². The Morgan fingerprint density at radius 3 is 2.69 bits per heavy atom. The molecule has 74 valence electrons. The molecule has 0 aliphatic carbocycles. The zero-order valence-electron chi connectivity index (χ0n) is 8.01. The molecule has 13 heavy (non-hydrogen) atoms. The van der Waals surface area contributed by atoms with Crippen molar-refractivity contribution >= 4 is 22.9 Å². The van der Waals surface area contributed by atoms with Gasteiger partial charge in [0.1, 0.15) is 9.34 Å². The summed E-state index contributed by atoms with van der Waals surface area (Å²) in [6.07, 6.45) is 4.03. The molecule has 0 spiro atoms. The third-order valence-corrected chi connectivity index (χ3v) is 3.17. The summed E-state index contributed by atoms with van der Waals surface area (Å²) in [7, 11) is 0. The molecule has 0 saturated carbocycles. The van der Waals surface area contributed by atoms with Crippen molar-refractivity contribution in [2.24, 2.45) is 0 Å². The number of halogens is 1. The maximum atomic E-state index is 5.77. The number of nitrogens with one attached hydrogen (secondary N) is 1. The third-order valence-electron chi connectivity index (χ3n) is 2.05. The molecule has 0 unspecified atom stereocenters. The fourth-order valence-corrected chi connectivity index (χ4v) is 2.09. The van der Waals surface area contributed by atoms with Crippen molar-refractivity contribution in [3.8, 4) is 0 Å². The fourth-order valence-electron chi connectivity index (χ4n) is 1.18. The van der Waals surface area contributed by atoms with Gasteiger partial charge in [-0.2, -0.15) is 0 Å². The second-order valence-electron chi connectivity index (χ2n) is 2.95. The topological polar surface area (TPSA) is 24.9 Å². The van der Waals surface area contributed by atoms with Gasteiger partial charge in [-0.05, 0) is 12.8 Å². The number of nitrogens with zero attached hydrogens (tertiary/aromatic N) is 1. The SMILES string of the molecule is CCC(CC)NCc1ncc(Cl)s1. The normalized spacial score (nSPS) is 11.1. The molecule has 0 radical (unpaired) electrons. The highest BCUT2D eigenvalue weighted by Crippen LogP contribution is 2.18. The van der Waals surface area contributed by atoms with Gasteiger partial charge in [-0.3, -0.25) is 0 Å². The van der Waals surface area contributed by atoms with Crippen molar-refractivity contribution in [3.05, 3.63) is 15.5 Å². The molecular formula is C9H15ClN2S. The first-order valence-electron chi connectivity index (χ1n) is 4.59. The summed E-state index contributed by atoms with van der Waals surface area (Å²) in [5.74, 6) is 0. The lowest BCUT2D eigenvalue weighted by Crippen LogP contribution is -2.26. The van der Waals surface area contributed by atoms with Gasteiger partial charge in [-0.25, -0.2) is 4.98 Å². The van der Waals surface area contributed by atoms with Crippen LogP contribution in [0.15, 0.2) is 6.20 Å². The molecule has 0 fully saturated rings. The van der Waals surface area contributed by atoms with Crippen LogP contribution in [-0.2, 0) is 6.54 Å². The molecule has 1 heterocycles. The fraction of sp³-hybridized carbons (Fsp3) is 0.667. The molecule has 1 N–H and O–H groups in total. The smallest absolute Gasteiger partial charge is 0.113 e. The van der Waals surface area contributed by atoms with E-state index in [2.05, 4.69) is 24.1 Å². The molecule has 1 aromatic heterocycles. The van der Waals surface area contributed by atoms with E-state index in [0.717, 1.165) is 28.7 Å². The zero-order chi connectivity index (χ0) is 9.68. The first-order chi connectivity index (χ1) is 6.26. The Morgan fingerprint density at radius 2 is 2.23 bits per heavy atom. The maximum absolute atomic E-state index is 5.77. The van der Waals surface area contributed by atoms with Gasteiger partial charge in [0.05, 0.1) is 6.20 Å². The van der Waals surface area contributed by atoms with Crippen LogP contribution in [-0.4, -0.2) is 11.0 Å². The van der Waals surface area contributed by atoms with Gasteiger partial charge in [0, 0.05) is 12.6 Å². The standard InChI is InChI=1S/C9H15ClN2S/c1-3-7(4-2)11-6-9-12-5-8(10)13-9/h5,7,11H,3-4,6H2,1-2H3. The maximum Gasteiger partial charge on any atom is 0.113 e. The highest BCUT2D eigenvalue weighted by molar-refractivity contribution is 7.15. The summed E-state index contributed by atoms with van der Waals surface area (Å²) in [5.41, 5.74) is 0.